The van der Waals surface area contributed by atoms with Gasteiger partial charge in [0, 0.05) is 45.2 Å². The predicted molar refractivity (Wildman–Crippen MR) is 117 cm³/mol. The van der Waals surface area contributed by atoms with Gasteiger partial charge in [0.25, 0.3) is 0 Å². The van der Waals surface area contributed by atoms with E-state index in [-0.39, 0.29) is 28.8 Å². The highest BCUT2D eigenvalue weighted by molar-refractivity contribution is 7.89. The molecule has 2 aromatic rings. The molecule has 0 aliphatic carbocycles. The van der Waals surface area contributed by atoms with Crippen LogP contribution in [0.1, 0.15) is 24.0 Å². The highest BCUT2D eigenvalue weighted by Crippen LogP contribution is 2.25. The Bertz CT molecular complexity index is 1080. The van der Waals surface area contributed by atoms with Crippen molar-refractivity contribution in [3.05, 3.63) is 64.4 Å². The van der Waals surface area contributed by atoms with Crippen molar-refractivity contribution in [3.63, 3.8) is 0 Å². The van der Waals surface area contributed by atoms with Gasteiger partial charge in [-0.3, -0.25) is 9.69 Å². The summed E-state index contributed by atoms with van der Waals surface area (Å²) in [4.78, 5) is 16.7. The average molecular weight is 466 g/mol. The number of hydrogen-bond donors (Lipinski definition) is 1. The summed E-state index contributed by atoms with van der Waals surface area (Å²) in [6, 6.07) is 12.0. The van der Waals surface area contributed by atoms with Crippen LogP contribution < -0.4 is 4.72 Å². The number of carbonyl (C=O) groups is 1. The Hall–Kier alpha value is -2.00. The Morgan fingerprint density at radius 1 is 1.16 bits per heavy atom. The van der Waals surface area contributed by atoms with Crippen molar-refractivity contribution in [1.82, 2.24) is 14.5 Å². The molecule has 4 rings (SSSR count). The Morgan fingerprint density at radius 2 is 1.94 bits per heavy atom. The number of nitrogens with one attached hydrogen (secondary N) is 1. The summed E-state index contributed by atoms with van der Waals surface area (Å²) in [6.07, 6.45) is 2.02. The normalized spacial score (nSPS) is 19.4. The molecule has 2 aliphatic heterocycles. The zero-order valence-electron chi connectivity index (χ0n) is 17.1. The van der Waals surface area contributed by atoms with E-state index in [4.69, 9.17) is 11.6 Å². The third-order valence-electron chi connectivity index (χ3n) is 6.02. The van der Waals surface area contributed by atoms with Crippen molar-refractivity contribution in [3.8, 4) is 0 Å². The minimum atomic E-state index is -3.86. The monoisotopic (exact) mass is 465 g/mol. The third kappa shape index (κ3) is 5.09. The lowest BCUT2D eigenvalue weighted by molar-refractivity contribution is -0.130. The van der Waals surface area contributed by atoms with Crippen molar-refractivity contribution < 1.29 is 17.6 Å². The maximum atomic E-state index is 13.3. The van der Waals surface area contributed by atoms with Crippen LogP contribution in [0.2, 0.25) is 5.02 Å². The van der Waals surface area contributed by atoms with E-state index in [0.717, 1.165) is 44.1 Å². The fourth-order valence-electron chi connectivity index (χ4n) is 4.27. The van der Waals surface area contributed by atoms with Gasteiger partial charge in [0.1, 0.15) is 5.82 Å². The fourth-order valence-corrected chi connectivity index (χ4v) is 5.58. The van der Waals surface area contributed by atoms with Gasteiger partial charge in [-0.15, -0.1) is 0 Å². The maximum absolute atomic E-state index is 13.3. The van der Waals surface area contributed by atoms with Crippen LogP contribution in [0, 0.1) is 5.82 Å². The van der Waals surface area contributed by atoms with Gasteiger partial charge in [0.2, 0.25) is 15.9 Å². The second kappa shape index (κ2) is 9.24. The van der Waals surface area contributed by atoms with Gasteiger partial charge in [0.15, 0.2) is 0 Å². The molecule has 0 radical (unpaired) electrons. The topological polar surface area (TPSA) is 69.7 Å². The van der Waals surface area contributed by atoms with Crippen molar-refractivity contribution in [1.29, 1.82) is 0 Å². The van der Waals surface area contributed by atoms with Crippen molar-refractivity contribution in [2.45, 2.75) is 36.7 Å². The lowest BCUT2D eigenvalue weighted by Gasteiger charge is -2.33. The standard InChI is InChI=1S/C22H25ClFN3O3S/c23-20-13-19(5-6-21(20)24)31(29,30)25-10-7-22(28)27-12-9-18(15-27)26-11-8-16-3-1-2-4-17(16)14-26/h1-6,13,18,25H,7-12,14-15H2. The lowest BCUT2D eigenvalue weighted by Crippen LogP contribution is -2.42. The molecule has 0 bridgehead atoms. The molecule has 6 nitrogen and oxygen atoms in total. The molecule has 0 saturated carbocycles. The number of rotatable bonds is 6. The van der Waals surface area contributed by atoms with E-state index in [1.54, 1.807) is 0 Å². The van der Waals surface area contributed by atoms with Crippen molar-refractivity contribution in [2.24, 2.45) is 0 Å². The van der Waals surface area contributed by atoms with Gasteiger partial charge in [-0.25, -0.2) is 17.5 Å². The van der Waals surface area contributed by atoms with E-state index < -0.39 is 15.8 Å². The van der Waals surface area contributed by atoms with Crippen LogP contribution in [0.25, 0.3) is 0 Å². The molecule has 1 unspecified atom stereocenters. The van der Waals surface area contributed by atoms with Crippen LogP contribution in [0.5, 0.6) is 0 Å². The van der Waals surface area contributed by atoms with E-state index in [2.05, 4.69) is 33.9 Å². The van der Waals surface area contributed by atoms with E-state index in [9.17, 15) is 17.6 Å². The summed E-state index contributed by atoms with van der Waals surface area (Å²) < 4.78 is 40.3. The van der Waals surface area contributed by atoms with Crippen LogP contribution in [-0.4, -0.2) is 56.3 Å². The predicted octanol–water partition coefficient (Wildman–Crippen LogP) is 2.81. The number of fused-ring (bicyclic) bond motifs is 1. The smallest absolute Gasteiger partial charge is 0.240 e. The molecule has 166 valence electrons. The zero-order valence-corrected chi connectivity index (χ0v) is 18.6. The second-order valence-electron chi connectivity index (χ2n) is 8.00. The van der Waals surface area contributed by atoms with Gasteiger partial charge >= 0.3 is 0 Å². The molecule has 31 heavy (non-hydrogen) atoms. The number of likely N-dealkylation sites (tertiary alicyclic amines) is 1. The van der Waals surface area contributed by atoms with E-state index in [1.807, 2.05) is 4.90 Å². The Morgan fingerprint density at radius 3 is 2.71 bits per heavy atom. The van der Waals surface area contributed by atoms with Crippen LogP contribution in [0.15, 0.2) is 47.4 Å². The first-order valence-corrected chi connectivity index (χ1v) is 12.2. The molecule has 1 N–H and O–H groups in total. The van der Waals surface area contributed by atoms with Crippen LogP contribution in [-0.2, 0) is 27.8 Å². The van der Waals surface area contributed by atoms with Gasteiger partial charge < -0.3 is 4.90 Å². The van der Waals surface area contributed by atoms with Gasteiger partial charge in [-0.1, -0.05) is 35.9 Å². The third-order valence-corrected chi connectivity index (χ3v) is 7.77. The maximum Gasteiger partial charge on any atom is 0.240 e. The minimum Gasteiger partial charge on any atom is -0.341 e. The fraction of sp³-hybridized carbons (Fsp3) is 0.409. The largest absolute Gasteiger partial charge is 0.341 e. The first kappa shape index (κ1) is 22.2. The molecule has 1 atom stereocenters. The number of halogens is 2. The zero-order chi connectivity index (χ0) is 22.0. The molecule has 2 aliphatic rings. The summed E-state index contributed by atoms with van der Waals surface area (Å²) in [5.74, 6) is -0.753. The summed E-state index contributed by atoms with van der Waals surface area (Å²) in [6.45, 7) is 3.23. The molecular weight excluding hydrogens is 441 g/mol. The van der Waals surface area contributed by atoms with Crippen LogP contribution >= 0.6 is 11.6 Å². The number of amides is 1. The number of benzene rings is 2. The van der Waals surface area contributed by atoms with E-state index in [0.29, 0.717) is 19.1 Å². The molecule has 1 amide bonds. The minimum absolute atomic E-state index is 0.0194. The Labute approximate surface area is 187 Å². The van der Waals surface area contributed by atoms with Crippen LogP contribution in [0.4, 0.5) is 4.39 Å². The first-order valence-electron chi connectivity index (χ1n) is 10.4. The number of hydrogen-bond acceptors (Lipinski definition) is 4. The molecule has 0 spiro atoms. The quantitative estimate of drug-likeness (QED) is 0.712. The summed E-state index contributed by atoms with van der Waals surface area (Å²) >= 11 is 5.66. The molecule has 2 heterocycles. The lowest BCUT2D eigenvalue weighted by atomic mass is 9.98. The van der Waals surface area contributed by atoms with Crippen molar-refractivity contribution >= 4 is 27.5 Å². The average Bonchev–Trinajstić information content (AvgIpc) is 3.25. The molecule has 0 aromatic heterocycles. The number of nitrogens with zero attached hydrogens (tertiary/aromatic N) is 2. The van der Waals surface area contributed by atoms with Crippen LogP contribution in [0.3, 0.4) is 0 Å². The number of sulfonamides is 1. The highest BCUT2D eigenvalue weighted by atomic mass is 35.5. The summed E-state index contributed by atoms with van der Waals surface area (Å²) in [5.41, 5.74) is 2.76. The molecule has 2 aromatic carbocycles. The number of carbonyl (C=O) groups excluding carboxylic acids is 1. The van der Waals surface area contributed by atoms with E-state index >= 15 is 0 Å². The van der Waals surface area contributed by atoms with Gasteiger partial charge in [-0.05, 0) is 42.2 Å². The molecule has 1 fully saturated rings. The Balaban J connectivity index is 1.27. The molecule has 9 heteroatoms. The van der Waals surface area contributed by atoms with E-state index in [1.165, 1.54) is 11.1 Å². The highest BCUT2D eigenvalue weighted by Gasteiger charge is 2.31. The molecule has 1 saturated heterocycles. The Kier molecular flexibility index (Phi) is 6.62. The summed E-state index contributed by atoms with van der Waals surface area (Å²) in [7, 11) is -3.86. The van der Waals surface area contributed by atoms with Gasteiger partial charge in [-0.2, -0.15) is 0 Å². The van der Waals surface area contributed by atoms with Crippen molar-refractivity contribution in [2.75, 3.05) is 26.2 Å². The molecular formula is C22H25ClFN3O3S. The summed E-state index contributed by atoms with van der Waals surface area (Å²) in [5, 5.41) is -0.262. The first-order chi connectivity index (χ1) is 14.8. The second-order valence-corrected chi connectivity index (χ2v) is 10.2. The van der Waals surface area contributed by atoms with Gasteiger partial charge in [0.05, 0.1) is 9.92 Å². The SMILES string of the molecule is O=C(CCNS(=O)(=O)c1ccc(F)c(Cl)c1)N1CCC(N2CCc3ccccc3C2)C1.